The molecule has 218 valence electrons. The van der Waals surface area contributed by atoms with Crippen molar-refractivity contribution in [3.05, 3.63) is 77.0 Å². The molecule has 2 aromatic heterocycles. The lowest BCUT2D eigenvalue weighted by Crippen LogP contribution is -2.47. The first-order valence-corrected chi connectivity index (χ1v) is 14.3. The van der Waals surface area contributed by atoms with Crippen LogP contribution in [0.15, 0.2) is 59.9 Å². The average molecular weight is 571 g/mol. The van der Waals surface area contributed by atoms with E-state index in [9.17, 15) is 14.0 Å². The van der Waals surface area contributed by atoms with E-state index in [0.717, 1.165) is 36.1 Å². The van der Waals surface area contributed by atoms with Gasteiger partial charge in [-0.2, -0.15) is 0 Å². The number of aromatic nitrogens is 3. The summed E-state index contributed by atoms with van der Waals surface area (Å²) >= 11 is 0. The third kappa shape index (κ3) is 5.46. The van der Waals surface area contributed by atoms with Crippen molar-refractivity contribution in [2.75, 3.05) is 18.4 Å². The number of H-pyrrole nitrogens is 1. The maximum atomic E-state index is 13.7. The molecule has 3 aromatic rings. The predicted octanol–water partition coefficient (Wildman–Crippen LogP) is 5.69. The van der Waals surface area contributed by atoms with Crippen molar-refractivity contribution in [2.45, 2.75) is 51.9 Å². The Labute approximate surface area is 243 Å². The van der Waals surface area contributed by atoms with Crippen LogP contribution in [0.2, 0.25) is 0 Å². The minimum absolute atomic E-state index is 0.0370. The van der Waals surface area contributed by atoms with Gasteiger partial charge in [-0.3, -0.25) is 14.9 Å². The number of hydrogen-bond donors (Lipinski definition) is 4. The Hall–Kier alpha value is -4.31. The Balaban J connectivity index is 1.28. The molecule has 0 radical (unpaired) electrons. The van der Waals surface area contributed by atoms with E-state index in [2.05, 4.69) is 39.7 Å². The van der Waals surface area contributed by atoms with Crippen molar-refractivity contribution in [3.63, 3.8) is 0 Å². The molecule has 1 aromatic carbocycles. The van der Waals surface area contributed by atoms with Crippen LogP contribution in [-0.4, -0.2) is 40.1 Å². The molecule has 1 fully saturated rings. The van der Waals surface area contributed by atoms with E-state index < -0.39 is 12.0 Å². The molecule has 6 rings (SSSR count). The van der Waals surface area contributed by atoms with Crippen LogP contribution in [0.5, 0.6) is 5.88 Å². The van der Waals surface area contributed by atoms with Crippen LogP contribution in [0.25, 0.3) is 17.2 Å². The summed E-state index contributed by atoms with van der Waals surface area (Å²) in [6.45, 7) is 5.09. The molecule has 5 N–H and O–H groups in total. The van der Waals surface area contributed by atoms with Crippen LogP contribution in [0.1, 0.15) is 63.1 Å². The van der Waals surface area contributed by atoms with Crippen molar-refractivity contribution in [1.29, 1.82) is 0 Å². The van der Waals surface area contributed by atoms with Gasteiger partial charge in [-0.1, -0.05) is 44.5 Å². The number of carbonyl (C=O) groups excluding carboxylic acids is 2. The van der Waals surface area contributed by atoms with Gasteiger partial charge in [0.1, 0.15) is 11.6 Å². The molecule has 1 amide bonds. The monoisotopic (exact) mass is 570 g/mol. The first-order valence-electron chi connectivity index (χ1n) is 14.3. The van der Waals surface area contributed by atoms with Crippen molar-refractivity contribution in [2.24, 2.45) is 16.6 Å². The van der Waals surface area contributed by atoms with Gasteiger partial charge in [-0.25, -0.2) is 9.18 Å². The molecule has 1 unspecified atom stereocenters. The molecule has 9 nitrogen and oxygen atoms in total. The summed E-state index contributed by atoms with van der Waals surface area (Å²) in [4.78, 5) is 30.9. The van der Waals surface area contributed by atoms with Crippen molar-refractivity contribution >= 4 is 23.8 Å². The molecule has 0 saturated heterocycles. The number of nitrogens with zero attached hydrogens (tertiary/aromatic N) is 2. The summed E-state index contributed by atoms with van der Waals surface area (Å²) in [6, 6.07) is 10.1. The van der Waals surface area contributed by atoms with Gasteiger partial charge in [-0.15, -0.1) is 5.10 Å². The fraction of sp³-hybridized carbons (Fsp3) is 0.375. The smallest absolute Gasteiger partial charge is 0.389 e. The topological polar surface area (TPSA) is 135 Å². The van der Waals surface area contributed by atoms with E-state index in [1.165, 1.54) is 12.1 Å². The highest BCUT2D eigenvalue weighted by Crippen LogP contribution is 2.49. The Morgan fingerprint density at radius 1 is 1.21 bits per heavy atom. The lowest BCUT2D eigenvalue weighted by atomic mass is 9.69. The van der Waals surface area contributed by atoms with Crippen molar-refractivity contribution in [1.82, 2.24) is 20.5 Å². The number of nitrogens with two attached hydrogens (primary N) is 1. The molecule has 3 aliphatic rings. The third-order valence-corrected chi connectivity index (χ3v) is 8.63. The van der Waals surface area contributed by atoms with Crippen LogP contribution in [0.4, 0.5) is 15.0 Å². The number of amides is 1. The second-order valence-corrected chi connectivity index (χ2v) is 12.4. The molecule has 1 aliphatic heterocycles. The molecule has 42 heavy (non-hydrogen) atoms. The highest BCUT2D eigenvalue weighted by atomic mass is 19.1. The Kier molecular flexibility index (Phi) is 7.18. The number of nitrogens with one attached hydrogen (secondary N) is 3. The fourth-order valence-electron chi connectivity index (χ4n) is 6.14. The number of aromatic amines is 1. The number of hydrogen-bond acceptors (Lipinski definition) is 7. The molecular weight excluding hydrogens is 535 g/mol. The molecule has 0 spiro atoms. The summed E-state index contributed by atoms with van der Waals surface area (Å²) in [7, 11) is 0. The summed E-state index contributed by atoms with van der Waals surface area (Å²) < 4.78 is 19.4. The Bertz CT molecular complexity index is 1580. The van der Waals surface area contributed by atoms with E-state index in [4.69, 9.17) is 10.5 Å². The lowest BCUT2D eigenvalue weighted by molar-refractivity contribution is -0.118. The molecule has 3 heterocycles. The number of allylic oxidation sites excluding steroid dienone is 3. The molecule has 1 saturated carbocycles. The number of anilines is 1. The van der Waals surface area contributed by atoms with Gasteiger partial charge < -0.3 is 21.1 Å². The fourth-order valence-corrected chi connectivity index (χ4v) is 6.14. The summed E-state index contributed by atoms with van der Waals surface area (Å²) in [5, 5.41) is 13.5. The SMILES string of the molecule is CC1(C)CC(=O)C2=C(C1)Nc1[nH]nc(OC(=O)NCC3(CN)CCC3)c1C2/C=C/c1ccc(-c2cccc(F)c2)cn1. The summed E-state index contributed by atoms with van der Waals surface area (Å²) in [5.74, 6) is -0.0819. The lowest BCUT2D eigenvalue weighted by Gasteiger charge is -2.40. The largest absolute Gasteiger partial charge is 0.414 e. The average Bonchev–Trinajstić information content (AvgIpc) is 3.32. The molecular formula is C32H35FN6O3. The highest BCUT2D eigenvalue weighted by molar-refractivity contribution is 6.01. The maximum Gasteiger partial charge on any atom is 0.414 e. The van der Waals surface area contributed by atoms with Gasteiger partial charge in [0.25, 0.3) is 0 Å². The van der Waals surface area contributed by atoms with Gasteiger partial charge in [0, 0.05) is 47.3 Å². The molecule has 1 atom stereocenters. The van der Waals surface area contributed by atoms with Crippen molar-refractivity contribution < 1.29 is 18.7 Å². The van der Waals surface area contributed by atoms with E-state index in [1.807, 2.05) is 30.4 Å². The number of Topliss-reactive ketones (excluding diaryl/α,β-unsaturated/α-hetero) is 1. The third-order valence-electron chi connectivity index (χ3n) is 8.63. The molecule has 10 heteroatoms. The molecule has 2 aliphatic carbocycles. The summed E-state index contributed by atoms with van der Waals surface area (Å²) in [5.41, 5.74) is 9.92. The number of carbonyl (C=O) groups is 2. The number of ether oxygens (including phenoxy) is 1. The van der Waals surface area contributed by atoms with Gasteiger partial charge in [0.15, 0.2) is 5.78 Å². The zero-order valence-corrected chi connectivity index (χ0v) is 23.8. The minimum atomic E-state index is -0.614. The normalized spacial score (nSPS) is 20.4. The highest BCUT2D eigenvalue weighted by Gasteiger charge is 2.42. The summed E-state index contributed by atoms with van der Waals surface area (Å²) in [6.07, 6.45) is 8.96. The molecule has 0 bridgehead atoms. The number of fused-ring (bicyclic) bond motifs is 1. The first-order chi connectivity index (χ1) is 20.2. The van der Waals surface area contributed by atoms with Crippen LogP contribution >= 0.6 is 0 Å². The standard InChI is InChI=1S/C32H35FN6O3/c1-31(2)14-24-26(25(40)15-31)23(10-9-22-8-7-20(16-35-22)19-5-3-6-21(33)13-19)27-28(37-24)38-39-29(27)42-30(41)36-18-32(17-34)11-4-12-32/h3,5-10,13,16,23H,4,11-12,14-15,17-18,34H2,1-2H3,(H,36,41)(H2,37,38,39)/b10-9+. The van der Waals surface area contributed by atoms with E-state index in [-0.39, 0.29) is 28.3 Å². The number of rotatable bonds is 7. The van der Waals surface area contributed by atoms with E-state index >= 15 is 0 Å². The number of ketones is 1. The van der Waals surface area contributed by atoms with Crippen LogP contribution in [-0.2, 0) is 4.79 Å². The second-order valence-electron chi connectivity index (χ2n) is 12.4. The van der Waals surface area contributed by atoms with Crippen LogP contribution in [0, 0.1) is 16.6 Å². The maximum absolute atomic E-state index is 13.7. The zero-order chi connectivity index (χ0) is 29.5. The minimum Gasteiger partial charge on any atom is -0.389 e. The van der Waals surface area contributed by atoms with Gasteiger partial charge in [0.2, 0.25) is 5.88 Å². The van der Waals surface area contributed by atoms with E-state index in [1.54, 1.807) is 12.3 Å². The van der Waals surface area contributed by atoms with Crippen molar-refractivity contribution in [3.8, 4) is 17.0 Å². The van der Waals surface area contributed by atoms with Gasteiger partial charge >= 0.3 is 6.09 Å². The van der Waals surface area contributed by atoms with Crippen LogP contribution < -0.4 is 21.1 Å². The van der Waals surface area contributed by atoms with E-state index in [0.29, 0.717) is 48.6 Å². The zero-order valence-electron chi connectivity index (χ0n) is 23.8. The second kappa shape index (κ2) is 10.8. The van der Waals surface area contributed by atoms with Gasteiger partial charge in [0.05, 0.1) is 11.3 Å². The van der Waals surface area contributed by atoms with Gasteiger partial charge in [-0.05, 0) is 61.1 Å². The first kappa shape index (κ1) is 27.8. The predicted molar refractivity (Wildman–Crippen MR) is 158 cm³/mol. The number of pyridine rings is 1. The quantitative estimate of drug-likeness (QED) is 0.286. The van der Waals surface area contributed by atoms with Crippen LogP contribution in [0.3, 0.4) is 0 Å². The number of halogens is 1. The Morgan fingerprint density at radius 3 is 2.74 bits per heavy atom. The Morgan fingerprint density at radius 2 is 2.05 bits per heavy atom. The number of benzene rings is 1.